The lowest BCUT2D eigenvalue weighted by molar-refractivity contribution is 0.529. The van der Waals surface area contributed by atoms with Crippen LogP contribution in [0.25, 0.3) is 0 Å². The topological polar surface area (TPSA) is 85.1 Å². The highest BCUT2D eigenvalue weighted by Crippen LogP contribution is 2.16. The number of pyridine rings is 1. The third-order valence-electron chi connectivity index (χ3n) is 2.28. The van der Waals surface area contributed by atoms with Crippen LogP contribution >= 0.6 is 0 Å². The van der Waals surface area contributed by atoms with E-state index in [2.05, 4.69) is 10.4 Å². The molecule has 1 rings (SSSR count). The van der Waals surface area contributed by atoms with Crippen molar-refractivity contribution < 1.29 is 8.42 Å². The van der Waals surface area contributed by atoms with Gasteiger partial charge in [0.25, 0.3) is 0 Å². The van der Waals surface area contributed by atoms with E-state index in [9.17, 15) is 8.42 Å². The molecule has 1 heterocycles. The van der Waals surface area contributed by atoms with Crippen molar-refractivity contribution in [2.24, 2.45) is 5.84 Å². The summed E-state index contributed by atoms with van der Waals surface area (Å²) in [4.78, 5) is 4.05. The summed E-state index contributed by atoms with van der Waals surface area (Å²) in [6.07, 6.45) is 5.10. The first kappa shape index (κ1) is 13.1. The van der Waals surface area contributed by atoms with E-state index >= 15 is 0 Å². The highest BCUT2D eigenvalue weighted by Gasteiger charge is 2.13. The Morgan fingerprint density at radius 1 is 1.50 bits per heavy atom. The Morgan fingerprint density at radius 2 is 2.19 bits per heavy atom. The van der Waals surface area contributed by atoms with Crippen molar-refractivity contribution in [3.05, 3.63) is 29.6 Å². The van der Waals surface area contributed by atoms with Crippen LogP contribution < -0.4 is 11.3 Å². The third-order valence-corrected chi connectivity index (χ3v) is 3.25. The largest absolute Gasteiger partial charge is 0.271 e. The van der Waals surface area contributed by atoms with Crippen molar-refractivity contribution in [1.29, 1.82) is 0 Å². The summed E-state index contributed by atoms with van der Waals surface area (Å²) in [5.41, 5.74) is 4.55. The molecule has 6 heteroatoms. The number of rotatable bonds is 5. The molecule has 3 N–H and O–H groups in total. The number of nitrogens with two attached hydrogens (primary N) is 1. The minimum absolute atomic E-state index is 0.107. The van der Waals surface area contributed by atoms with Crippen LogP contribution in [0.4, 0.5) is 0 Å². The Morgan fingerprint density at radius 3 is 2.69 bits per heavy atom. The van der Waals surface area contributed by atoms with E-state index in [0.29, 0.717) is 6.42 Å². The second-order valence-corrected chi connectivity index (χ2v) is 6.19. The minimum Gasteiger partial charge on any atom is -0.271 e. The van der Waals surface area contributed by atoms with Crippen LogP contribution in [0.3, 0.4) is 0 Å². The van der Waals surface area contributed by atoms with Crippen molar-refractivity contribution in [2.75, 3.05) is 12.0 Å². The van der Waals surface area contributed by atoms with E-state index in [1.165, 1.54) is 6.26 Å². The zero-order valence-electron chi connectivity index (χ0n) is 9.47. The van der Waals surface area contributed by atoms with E-state index in [4.69, 9.17) is 5.84 Å². The maximum Gasteiger partial charge on any atom is 0.147 e. The van der Waals surface area contributed by atoms with Crippen molar-refractivity contribution >= 4 is 9.84 Å². The summed E-state index contributed by atoms with van der Waals surface area (Å²) < 4.78 is 22.1. The first-order chi connectivity index (χ1) is 7.42. The van der Waals surface area contributed by atoms with E-state index in [1.54, 1.807) is 12.4 Å². The summed E-state index contributed by atoms with van der Waals surface area (Å²) in [6, 6.07) is 1.77. The van der Waals surface area contributed by atoms with Gasteiger partial charge in [0.2, 0.25) is 0 Å². The minimum atomic E-state index is -2.96. The molecule has 0 spiro atoms. The van der Waals surface area contributed by atoms with Crippen LogP contribution in [0.15, 0.2) is 18.5 Å². The first-order valence-electron chi connectivity index (χ1n) is 4.98. The van der Waals surface area contributed by atoms with Gasteiger partial charge >= 0.3 is 0 Å². The molecule has 0 saturated carbocycles. The molecule has 90 valence electrons. The normalized spacial score (nSPS) is 13.7. The summed E-state index contributed by atoms with van der Waals surface area (Å²) in [5.74, 6) is 5.52. The van der Waals surface area contributed by atoms with Crippen LogP contribution in [0.1, 0.15) is 23.6 Å². The number of nitrogens with zero attached hydrogens (tertiary/aromatic N) is 1. The number of hydrogen-bond acceptors (Lipinski definition) is 5. The monoisotopic (exact) mass is 243 g/mol. The Kier molecular flexibility index (Phi) is 4.40. The van der Waals surface area contributed by atoms with Crippen molar-refractivity contribution in [2.45, 2.75) is 19.4 Å². The molecule has 0 amide bonds. The predicted octanol–water partition coefficient (Wildman–Crippen LogP) is 0.329. The Bertz CT molecular complexity index is 445. The molecule has 0 aliphatic heterocycles. The van der Waals surface area contributed by atoms with Gasteiger partial charge in [0.1, 0.15) is 9.84 Å². The maximum atomic E-state index is 11.1. The Hall–Kier alpha value is -0.980. The van der Waals surface area contributed by atoms with Gasteiger partial charge in [0, 0.05) is 24.7 Å². The van der Waals surface area contributed by atoms with E-state index in [1.807, 2.05) is 13.0 Å². The van der Waals surface area contributed by atoms with Crippen molar-refractivity contribution in [3.8, 4) is 0 Å². The first-order valence-corrected chi connectivity index (χ1v) is 7.04. The molecule has 1 unspecified atom stereocenters. The van der Waals surface area contributed by atoms with Crippen LogP contribution in [0.2, 0.25) is 0 Å². The molecule has 0 aromatic carbocycles. The second-order valence-electron chi connectivity index (χ2n) is 3.93. The maximum absolute atomic E-state index is 11.1. The summed E-state index contributed by atoms with van der Waals surface area (Å²) in [5, 5.41) is 0. The summed E-state index contributed by atoms with van der Waals surface area (Å²) >= 11 is 0. The molecule has 0 saturated heterocycles. The Balaban J connectivity index is 2.75. The van der Waals surface area contributed by atoms with Gasteiger partial charge in [-0.3, -0.25) is 16.3 Å². The van der Waals surface area contributed by atoms with E-state index in [-0.39, 0.29) is 11.8 Å². The average molecular weight is 243 g/mol. The van der Waals surface area contributed by atoms with Gasteiger partial charge in [0.05, 0.1) is 5.75 Å². The SMILES string of the molecule is Cc1cncc(C(CCS(C)(=O)=O)NN)c1. The quantitative estimate of drug-likeness (QED) is 0.575. The van der Waals surface area contributed by atoms with Gasteiger partial charge in [-0.15, -0.1) is 0 Å². The van der Waals surface area contributed by atoms with Gasteiger partial charge in [-0.05, 0) is 24.5 Å². The molecule has 1 atom stereocenters. The van der Waals surface area contributed by atoms with Crippen LogP contribution in [-0.2, 0) is 9.84 Å². The van der Waals surface area contributed by atoms with Crippen LogP contribution in [0.5, 0.6) is 0 Å². The van der Waals surface area contributed by atoms with Gasteiger partial charge < -0.3 is 0 Å². The molecular formula is C10H17N3O2S. The van der Waals surface area contributed by atoms with Crippen LogP contribution in [0, 0.1) is 6.92 Å². The predicted molar refractivity (Wildman–Crippen MR) is 63.4 cm³/mol. The number of aromatic nitrogens is 1. The molecule has 0 radical (unpaired) electrons. The number of sulfone groups is 1. The van der Waals surface area contributed by atoms with Gasteiger partial charge in [-0.25, -0.2) is 8.42 Å². The number of hydrazine groups is 1. The summed E-state index contributed by atoms with van der Waals surface area (Å²) in [7, 11) is -2.96. The molecule has 5 nitrogen and oxygen atoms in total. The summed E-state index contributed by atoms with van der Waals surface area (Å²) in [6.45, 7) is 1.93. The lowest BCUT2D eigenvalue weighted by Crippen LogP contribution is -2.29. The molecule has 0 aliphatic carbocycles. The molecular weight excluding hydrogens is 226 g/mol. The molecule has 0 aliphatic rings. The van der Waals surface area contributed by atoms with E-state index < -0.39 is 9.84 Å². The van der Waals surface area contributed by atoms with Crippen LogP contribution in [-0.4, -0.2) is 25.4 Å². The second kappa shape index (κ2) is 5.38. The van der Waals surface area contributed by atoms with Gasteiger partial charge in [-0.1, -0.05) is 6.07 Å². The fourth-order valence-corrected chi connectivity index (χ4v) is 2.11. The fraction of sp³-hybridized carbons (Fsp3) is 0.500. The zero-order valence-corrected chi connectivity index (χ0v) is 10.3. The molecule has 0 bridgehead atoms. The number of aryl methyl sites for hydroxylation is 1. The molecule has 1 aromatic rings. The lowest BCUT2D eigenvalue weighted by Gasteiger charge is -2.15. The van der Waals surface area contributed by atoms with Gasteiger partial charge in [0.15, 0.2) is 0 Å². The molecule has 16 heavy (non-hydrogen) atoms. The number of hydrogen-bond donors (Lipinski definition) is 2. The average Bonchev–Trinajstić information content (AvgIpc) is 2.17. The smallest absolute Gasteiger partial charge is 0.147 e. The fourth-order valence-electron chi connectivity index (χ4n) is 1.45. The van der Waals surface area contributed by atoms with Crippen molar-refractivity contribution in [3.63, 3.8) is 0 Å². The third kappa shape index (κ3) is 4.26. The molecule has 0 fully saturated rings. The van der Waals surface area contributed by atoms with Crippen molar-refractivity contribution in [1.82, 2.24) is 10.4 Å². The lowest BCUT2D eigenvalue weighted by atomic mass is 10.1. The van der Waals surface area contributed by atoms with E-state index in [0.717, 1.165) is 11.1 Å². The highest BCUT2D eigenvalue weighted by molar-refractivity contribution is 7.90. The molecule has 1 aromatic heterocycles. The Labute approximate surface area is 96.0 Å². The standard InChI is InChI=1S/C10H17N3O2S/c1-8-5-9(7-12-6-8)10(13-11)3-4-16(2,14)15/h5-7,10,13H,3-4,11H2,1-2H3. The number of nitrogens with one attached hydrogen (secondary N) is 1. The zero-order chi connectivity index (χ0) is 12.2. The highest BCUT2D eigenvalue weighted by atomic mass is 32.2. The van der Waals surface area contributed by atoms with Gasteiger partial charge in [-0.2, -0.15) is 0 Å².